The van der Waals surface area contributed by atoms with Gasteiger partial charge in [0.05, 0.1) is 44.5 Å². The summed E-state index contributed by atoms with van der Waals surface area (Å²) in [6, 6.07) is 1.20. The number of hydrogen-bond acceptors (Lipinski definition) is 13. The SMILES string of the molecule is CC.CC.CC.CC.CC.CC.CC.CC.CC[C@@H](C[C@@H]1CCCCC[C@@H]1N=[N+]=[N-])OS(C)(=O)=O.CS(=O)(=O)O[C@@H](CO)C[C@@H]1CCCCC[C@@H]1N=[N+]=[N-].OC[C@H]1C[C@@H]2CCCCC[C@H]2N1.[B].[B].[B].[B].[N-]=[N+]=N[C@H]1CCCCC[C@H]1C[C@H]1CO1. The van der Waals surface area contributed by atoms with Crippen LogP contribution in [0.5, 0.6) is 0 Å². The lowest BCUT2D eigenvalue weighted by Crippen LogP contribution is -2.32. The van der Waals surface area contributed by atoms with E-state index in [1.807, 2.05) is 118 Å². The van der Waals surface area contributed by atoms with Crippen LogP contribution in [0.3, 0.4) is 0 Å². The van der Waals surface area contributed by atoms with E-state index in [1.54, 1.807) is 0 Å². The van der Waals surface area contributed by atoms with Crippen molar-refractivity contribution < 1.29 is 40.2 Å². The van der Waals surface area contributed by atoms with Crippen molar-refractivity contribution in [3.63, 3.8) is 0 Å². The van der Waals surface area contributed by atoms with Gasteiger partial charge in [-0.1, -0.05) is 210 Å². The van der Waals surface area contributed by atoms with E-state index in [1.165, 1.54) is 64.2 Å². The molecule has 2 heterocycles. The highest BCUT2D eigenvalue weighted by molar-refractivity contribution is 7.86. The summed E-state index contributed by atoms with van der Waals surface area (Å²) in [6.07, 6.45) is 28.4. The van der Waals surface area contributed by atoms with Crippen LogP contribution in [0.4, 0.5) is 0 Å². The van der Waals surface area contributed by atoms with Crippen LogP contribution in [0.25, 0.3) is 31.3 Å². The molecule has 492 valence electrons. The Labute approximate surface area is 526 Å². The average Bonchev–Trinajstić information content (AvgIpc) is 4.37. The number of fused-ring (bicyclic) bond motifs is 1. The third kappa shape index (κ3) is 56.4. The summed E-state index contributed by atoms with van der Waals surface area (Å²) in [7, 11) is -7.02. The van der Waals surface area contributed by atoms with Gasteiger partial charge in [-0.25, -0.2) is 0 Å². The summed E-state index contributed by atoms with van der Waals surface area (Å²) in [5.41, 5.74) is 25.7. The summed E-state index contributed by atoms with van der Waals surface area (Å²) in [6.45, 7) is 34.8. The van der Waals surface area contributed by atoms with E-state index in [0.717, 1.165) is 108 Å². The number of ether oxygens (including phenoxy) is 1. The molecule has 25 heteroatoms. The molecule has 12 radical (unpaired) electrons. The van der Waals surface area contributed by atoms with Gasteiger partial charge in [-0.3, -0.25) is 8.37 Å². The minimum atomic E-state index is -3.59. The summed E-state index contributed by atoms with van der Waals surface area (Å²) in [5.74, 6) is 1.73. The minimum Gasteiger partial charge on any atom is -0.395 e. The van der Waals surface area contributed by atoms with Crippen LogP contribution in [0.2, 0.25) is 0 Å². The van der Waals surface area contributed by atoms with Crippen LogP contribution in [0, 0.1) is 23.7 Å². The Morgan fingerprint density at radius 2 is 0.833 bits per heavy atom. The van der Waals surface area contributed by atoms with Crippen molar-refractivity contribution in [2.24, 2.45) is 39.0 Å². The first-order chi connectivity index (χ1) is 38.7. The fourth-order valence-corrected chi connectivity index (χ4v) is 11.8. The molecule has 84 heavy (non-hydrogen) atoms. The van der Waals surface area contributed by atoms with E-state index in [9.17, 15) is 21.9 Å². The van der Waals surface area contributed by atoms with Crippen LogP contribution in [-0.4, -0.2) is 142 Å². The van der Waals surface area contributed by atoms with Crippen LogP contribution in [0.15, 0.2) is 15.3 Å². The Hall–Kier alpha value is -2.15. The smallest absolute Gasteiger partial charge is 0.264 e. The zero-order valence-electron chi connectivity index (χ0n) is 57.1. The van der Waals surface area contributed by atoms with Gasteiger partial charge in [0.15, 0.2) is 0 Å². The van der Waals surface area contributed by atoms with Gasteiger partial charge in [0.25, 0.3) is 20.2 Å². The fourth-order valence-electron chi connectivity index (χ4n) is 10.5. The average molecular weight is 1230 g/mol. The molecular formula is C59H128B4N10O9S2. The van der Waals surface area contributed by atoms with Crippen LogP contribution in [0.1, 0.15) is 278 Å². The Morgan fingerprint density at radius 3 is 1.17 bits per heavy atom. The monoisotopic (exact) mass is 1230 g/mol. The first-order valence-corrected chi connectivity index (χ1v) is 35.8. The molecule has 19 nitrogen and oxygen atoms in total. The number of epoxide rings is 1. The molecule has 6 rings (SSSR count). The van der Waals surface area contributed by atoms with Crippen LogP contribution >= 0.6 is 0 Å². The third-order valence-corrected chi connectivity index (χ3v) is 15.0. The maximum atomic E-state index is 11.2. The Kier molecular flexibility index (Phi) is 90.5. The van der Waals surface area contributed by atoms with Crippen molar-refractivity contribution >= 4 is 53.9 Å². The van der Waals surface area contributed by atoms with Gasteiger partial charge in [-0.15, -0.1) is 0 Å². The third-order valence-electron chi connectivity index (χ3n) is 13.8. The van der Waals surface area contributed by atoms with Crippen molar-refractivity contribution in [3.05, 3.63) is 31.3 Å². The molecule has 0 aromatic heterocycles. The van der Waals surface area contributed by atoms with Gasteiger partial charge < -0.3 is 20.3 Å². The minimum absolute atomic E-state index is 0. The molecular weight excluding hydrogens is 1100 g/mol. The predicted molar refractivity (Wildman–Crippen MR) is 362 cm³/mol. The Morgan fingerprint density at radius 1 is 0.512 bits per heavy atom. The van der Waals surface area contributed by atoms with E-state index in [4.69, 9.17) is 34.8 Å². The summed E-state index contributed by atoms with van der Waals surface area (Å²) in [4.78, 5) is 8.75. The van der Waals surface area contributed by atoms with Crippen molar-refractivity contribution in [2.75, 3.05) is 32.3 Å². The second kappa shape index (κ2) is 73.3. The van der Waals surface area contributed by atoms with Crippen molar-refractivity contribution in [2.45, 2.75) is 327 Å². The van der Waals surface area contributed by atoms with Gasteiger partial charge in [-0.2, -0.15) is 16.8 Å². The van der Waals surface area contributed by atoms with E-state index < -0.39 is 26.3 Å². The molecule has 0 aromatic rings. The molecule has 6 fully saturated rings. The molecule has 4 saturated carbocycles. The zero-order valence-corrected chi connectivity index (χ0v) is 58.8. The van der Waals surface area contributed by atoms with E-state index >= 15 is 0 Å². The second-order valence-corrected chi connectivity index (χ2v) is 22.1. The first-order valence-electron chi connectivity index (χ1n) is 32.2. The highest BCUT2D eigenvalue weighted by atomic mass is 32.2. The number of aliphatic hydroxyl groups is 2. The molecule has 3 N–H and O–H groups in total. The van der Waals surface area contributed by atoms with Crippen molar-refractivity contribution in [1.29, 1.82) is 0 Å². The number of nitrogens with zero attached hydrogens (tertiary/aromatic N) is 9. The maximum absolute atomic E-state index is 11.2. The standard InChI is InChI=1S/C12H23N3O3S.C11H21N3O4S.C10H17N3O.C10H19NO.8C2H6.4B/c1-3-11(18-19(2,16)17)9-10-7-5-4-6-8-12(10)14-15-13;1-19(16,17)18-10(8-15)7-9-5-3-2-4-6-11(9)13-14-12;11-13-12-10-5-3-1-2-4-8(10)6-9-7-14-9;12-7-9-6-8-4-2-1-3-5-10(8)11-9;8*1-2;;;;/h10-12H,3-9H2,1-2H3;9-11,15H,2-8H2,1H3;8-10H,1-7H2;8-12H,1-7H2;8*1-2H3;;;;/t10-,11-,12-;9-,10+,11-;8-,9-,10-;8-,9+,10+;;;;;;;;;;;;/m0000............/s1. The number of rotatable bonds is 16. The normalized spacial score (nSPS) is 24.6. The van der Waals surface area contributed by atoms with Crippen LogP contribution in [-0.2, 0) is 33.3 Å². The van der Waals surface area contributed by atoms with E-state index in [2.05, 4.69) is 35.4 Å². The molecule has 0 aromatic carbocycles. The van der Waals surface area contributed by atoms with Crippen LogP contribution < -0.4 is 5.32 Å². The fraction of sp³-hybridized carbons (Fsp3) is 1.00. The number of nitrogens with one attached hydrogen (secondary N) is 1. The summed E-state index contributed by atoms with van der Waals surface area (Å²) < 4.78 is 59.8. The molecule has 2 aliphatic heterocycles. The number of aliphatic hydroxyl groups excluding tert-OH is 2. The molecule has 0 bridgehead atoms. The second-order valence-electron chi connectivity index (χ2n) is 18.9. The summed E-state index contributed by atoms with van der Waals surface area (Å²) >= 11 is 0. The van der Waals surface area contributed by atoms with Gasteiger partial charge in [0.1, 0.15) is 6.10 Å². The molecule has 0 amide bonds. The highest BCUT2D eigenvalue weighted by Gasteiger charge is 2.34. The predicted octanol–water partition coefficient (Wildman–Crippen LogP) is 16.4. The molecule has 0 unspecified atom stereocenters. The Bertz CT molecular complexity index is 1630. The lowest BCUT2D eigenvalue weighted by atomic mass is 9.89. The van der Waals surface area contributed by atoms with Gasteiger partial charge in [0.2, 0.25) is 0 Å². The van der Waals surface area contributed by atoms with Gasteiger partial charge >= 0.3 is 0 Å². The molecule has 6 aliphatic rings. The molecule has 2 saturated heterocycles. The number of azide groups is 3. The molecule has 4 aliphatic carbocycles. The quantitative estimate of drug-likeness (QED) is 0.0250. The van der Waals surface area contributed by atoms with Gasteiger partial charge in [-0.05, 0) is 124 Å². The largest absolute Gasteiger partial charge is 0.395 e. The van der Waals surface area contributed by atoms with E-state index in [0.29, 0.717) is 43.9 Å². The molecule has 12 atom stereocenters. The van der Waals surface area contributed by atoms with E-state index in [-0.39, 0.29) is 76.3 Å². The topological polar surface area (TPSA) is 298 Å². The Balaban J connectivity index is -0.0000000996. The summed E-state index contributed by atoms with van der Waals surface area (Å²) in [5, 5.41) is 33.4. The zero-order chi connectivity index (χ0) is 62.8. The van der Waals surface area contributed by atoms with Gasteiger partial charge in [0, 0.05) is 78.6 Å². The van der Waals surface area contributed by atoms with Crippen molar-refractivity contribution in [1.82, 2.24) is 5.32 Å². The number of hydrogen-bond donors (Lipinski definition) is 3. The highest BCUT2D eigenvalue weighted by Crippen LogP contribution is 2.35. The first kappa shape index (κ1) is 104. The molecule has 0 spiro atoms. The van der Waals surface area contributed by atoms with Crippen molar-refractivity contribution in [3.8, 4) is 0 Å². The maximum Gasteiger partial charge on any atom is 0.264 e. The lowest BCUT2D eigenvalue weighted by Gasteiger charge is -2.25. The lowest BCUT2D eigenvalue weighted by molar-refractivity contribution is 0.0942.